The topological polar surface area (TPSA) is 57.7 Å². The molecule has 0 saturated heterocycles. The van der Waals surface area contributed by atoms with Crippen molar-refractivity contribution in [2.45, 2.75) is 25.3 Å². The SMILES string of the molecule is Cc1ccc(N(C)C(=O)CN(Cc2ccc(F)cc2)S(=O)(=O)c2ccccc2)cc1C. The number of amides is 1. The Morgan fingerprint density at radius 3 is 2.16 bits per heavy atom. The molecule has 0 fully saturated rings. The van der Waals surface area contributed by atoms with Crippen LogP contribution in [0.25, 0.3) is 0 Å². The third kappa shape index (κ3) is 5.37. The fourth-order valence-corrected chi connectivity index (χ4v) is 4.49. The minimum atomic E-state index is -3.94. The van der Waals surface area contributed by atoms with Crippen LogP contribution in [-0.4, -0.2) is 32.2 Å². The van der Waals surface area contributed by atoms with E-state index in [1.807, 2.05) is 32.0 Å². The molecule has 7 heteroatoms. The van der Waals surface area contributed by atoms with Gasteiger partial charge in [-0.15, -0.1) is 0 Å². The van der Waals surface area contributed by atoms with Crippen molar-refractivity contribution in [3.8, 4) is 0 Å². The Balaban J connectivity index is 1.90. The van der Waals surface area contributed by atoms with Crippen LogP contribution in [-0.2, 0) is 21.4 Å². The molecule has 0 aliphatic rings. The number of hydrogen-bond donors (Lipinski definition) is 0. The summed E-state index contributed by atoms with van der Waals surface area (Å²) in [5, 5.41) is 0. The number of carbonyl (C=O) groups is 1. The first-order valence-corrected chi connectivity index (χ1v) is 11.3. The van der Waals surface area contributed by atoms with E-state index in [2.05, 4.69) is 0 Å². The molecule has 0 spiro atoms. The number of aryl methyl sites for hydroxylation is 2. The van der Waals surface area contributed by atoms with Gasteiger partial charge in [0.15, 0.2) is 0 Å². The van der Waals surface area contributed by atoms with E-state index < -0.39 is 15.8 Å². The third-order valence-corrected chi connectivity index (χ3v) is 7.02. The number of benzene rings is 3. The summed E-state index contributed by atoms with van der Waals surface area (Å²) in [5.41, 5.74) is 3.42. The predicted molar refractivity (Wildman–Crippen MR) is 120 cm³/mol. The summed E-state index contributed by atoms with van der Waals surface area (Å²) < 4.78 is 41.0. The van der Waals surface area contributed by atoms with E-state index in [1.54, 1.807) is 25.2 Å². The van der Waals surface area contributed by atoms with E-state index in [9.17, 15) is 17.6 Å². The number of nitrogens with zero attached hydrogens (tertiary/aromatic N) is 2. The molecule has 162 valence electrons. The van der Waals surface area contributed by atoms with Crippen LogP contribution in [0.3, 0.4) is 0 Å². The van der Waals surface area contributed by atoms with E-state index >= 15 is 0 Å². The third-order valence-electron chi connectivity index (χ3n) is 5.22. The molecule has 0 N–H and O–H groups in total. The van der Waals surface area contributed by atoms with Crippen LogP contribution in [0.1, 0.15) is 16.7 Å². The summed E-state index contributed by atoms with van der Waals surface area (Å²) in [6.07, 6.45) is 0. The van der Waals surface area contributed by atoms with Crippen LogP contribution in [0.4, 0.5) is 10.1 Å². The second-order valence-corrected chi connectivity index (χ2v) is 9.37. The molecule has 5 nitrogen and oxygen atoms in total. The Kier molecular flexibility index (Phi) is 6.87. The number of carbonyl (C=O) groups excluding carboxylic acids is 1. The summed E-state index contributed by atoms with van der Waals surface area (Å²) >= 11 is 0. The molecule has 3 aromatic carbocycles. The average molecular weight is 441 g/mol. The van der Waals surface area contributed by atoms with Crippen LogP contribution in [0.2, 0.25) is 0 Å². The van der Waals surface area contributed by atoms with Crippen LogP contribution >= 0.6 is 0 Å². The van der Waals surface area contributed by atoms with Crippen molar-refractivity contribution in [3.05, 3.63) is 95.3 Å². The Hall–Kier alpha value is -3.03. The fourth-order valence-electron chi connectivity index (χ4n) is 3.10. The first-order valence-electron chi connectivity index (χ1n) is 9.82. The standard InChI is InChI=1S/C24H25FN2O3S/c1-18-9-14-22(15-19(18)2)26(3)24(28)17-27(16-20-10-12-21(25)13-11-20)31(29,30)23-7-5-4-6-8-23/h4-15H,16-17H2,1-3H3. The zero-order valence-electron chi connectivity index (χ0n) is 17.7. The van der Waals surface area contributed by atoms with Gasteiger partial charge in [0.25, 0.3) is 0 Å². The summed E-state index contributed by atoms with van der Waals surface area (Å²) in [6.45, 7) is 3.54. The van der Waals surface area contributed by atoms with Crippen molar-refractivity contribution in [2.75, 3.05) is 18.5 Å². The summed E-state index contributed by atoms with van der Waals surface area (Å²) in [4.78, 5) is 14.6. The van der Waals surface area contributed by atoms with Crippen LogP contribution in [0.15, 0.2) is 77.7 Å². The zero-order chi connectivity index (χ0) is 22.6. The molecule has 0 unspecified atom stereocenters. The van der Waals surface area contributed by atoms with Gasteiger partial charge < -0.3 is 4.90 Å². The maximum absolute atomic E-state index is 13.3. The molecule has 3 aromatic rings. The molecule has 0 heterocycles. The highest BCUT2D eigenvalue weighted by Crippen LogP contribution is 2.21. The van der Waals surface area contributed by atoms with Gasteiger partial charge in [0, 0.05) is 19.3 Å². The minimum absolute atomic E-state index is 0.0516. The molecular weight excluding hydrogens is 415 g/mol. The molecule has 0 bridgehead atoms. The van der Waals surface area contributed by atoms with Gasteiger partial charge in [0.2, 0.25) is 15.9 Å². The molecule has 0 radical (unpaired) electrons. The first-order chi connectivity index (χ1) is 14.7. The average Bonchev–Trinajstić information content (AvgIpc) is 2.76. The van der Waals surface area contributed by atoms with Gasteiger partial charge in [-0.25, -0.2) is 12.8 Å². The van der Waals surface area contributed by atoms with Crippen molar-refractivity contribution in [3.63, 3.8) is 0 Å². The number of sulfonamides is 1. The molecule has 0 atom stereocenters. The molecular formula is C24H25FN2O3S. The lowest BCUT2D eigenvalue weighted by molar-refractivity contribution is -0.118. The molecule has 0 saturated carbocycles. The first kappa shape index (κ1) is 22.7. The van der Waals surface area contributed by atoms with Gasteiger partial charge >= 0.3 is 0 Å². The van der Waals surface area contributed by atoms with E-state index in [0.717, 1.165) is 15.4 Å². The minimum Gasteiger partial charge on any atom is -0.314 e. The van der Waals surface area contributed by atoms with Gasteiger partial charge in [0.05, 0.1) is 11.4 Å². The van der Waals surface area contributed by atoms with Crippen LogP contribution in [0.5, 0.6) is 0 Å². The highest BCUT2D eigenvalue weighted by atomic mass is 32.2. The Morgan fingerprint density at radius 1 is 0.903 bits per heavy atom. The highest BCUT2D eigenvalue weighted by Gasteiger charge is 2.28. The van der Waals surface area contributed by atoms with Gasteiger partial charge in [-0.3, -0.25) is 4.79 Å². The molecule has 0 aliphatic heterocycles. The van der Waals surface area contributed by atoms with E-state index in [4.69, 9.17) is 0 Å². The van der Waals surface area contributed by atoms with Crippen molar-refractivity contribution < 1.29 is 17.6 Å². The highest BCUT2D eigenvalue weighted by molar-refractivity contribution is 7.89. The fraction of sp³-hybridized carbons (Fsp3) is 0.208. The lowest BCUT2D eigenvalue weighted by Crippen LogP contribution is -2.41. The lowest BCUT2D eigenvalue weighted by Gasteiger charge is -2.25. The van der Waals surface area contributed by atoms with Crippen LogP contribution in [0, 0.1) is 19.7 Å². The predicted octanol–water partition coefficient (Wildman–Crippen LogP) is 4.30. The normalized spacial score (nSPS) is 11.5. The number of likely N-dealkylation sites (N-methyl/N-ethyl adjacent to an activating group) is 1. The second-order valence-electron chi connectivity index (χ2n) is 7.43. The van der Waals surface area contributed by atoms with E-state index in [-0.39, 0.29) is 23.9 Å². The Morgan fingerprint density at radius 2 is 1.55 bits per heavy atom. The molecule has 3 rings (SSSR count). The Labute approximate surface area is 182 Å². The second kappa shape index (κ2) is 9.41. The van der Waals surface area contributed by atoms with Gasteiger partial charge in [-0.1, -0.05) is 36.4 Å². The summed E-state index contributed by atoms with van der Waals surface area (Å²) in [6, 6.07) is 19.2. The van der Waals surface area contributed by atoms with Gasteiger partial charge in [-0.05, 0) is 66.9 Å². The number of rotatable bonds is 7. The quantitative estimate of drug-likeness (QED) is 0.551. The Bertz CT molecular complexity index is 1160. The summed E-state index contributed by atoms with van der Waals surface area (Å²) in [5.74, 6) is -0.781. The number of hydrogen-bond acceptors (Lipinski definition) is 3. The smallest absolute Gasteiger partial charge is 0.243 e. The maximum Gasteiger partial charge on any atom is 0.243 e. The van der Waals surface area contributed by atoms with Crippen molar-refractivity contribution in [1.82, 2.24) is 4.31 Å². The van der Waals surface area contributed by atoms with E-state index in [0.29, 0.717) is 11.3 Å². The van der Waals surface area contributed by atoms with Crippen molar-refractivity contribution in [2.24, 2.45) is 0 Å². The largest absolute Gasteiger partial charge is 0.314 e. The van der Waals surface area contributed by atoms with Crippen LogP contribution < -0.4 is 4.90 Å². The monoisotopic (exact) mass is 440 g/mol. The van der Waals surface area contributed by atoms with Crippen molar-refractivity contribution in [1.29, 1.82) is 0 Å². The number of anilines is 1. The maximum atomic E-state index is 13.3. The number of halogens is 1. The van der Waals surface area contributed by atoms with Crippen molar-refractivity contribution >= 4 is 21.6 Å². The van der Waals surface area contributed by atoms with Gasteiger partial charge in [-0.2, -0.15) is 4.31 Å². The molecule has 0 aromatic heterocycles. The molecule has 1 amide bonds. The van der Waals surface area contributed by atoms with E-state index in [1.165, 1.54) is 41.3 Å². The zero-order valence-corrected chi connectivity index (χ0v) is 18.6. The molecule has 0 aliphatic carbocycles. The lowest BCUT2D eigenvalue weighted by atomic mass is 10.1. The summed E-state index contributed by atoms with van der Waals surface area (Å²) in [7, 11) is -2.32. The molecule has 31 heavy (non-hydrogen) atoms. The van der Waals surface area contributed by atoms with Gasteiger partial charge in [0.1, 0.15) is 5.82 Å².